The summed E-state index contributed by atoms with van der Waals surface area (Å²) in [7, 11) is 0. The average molecular weight is 396 g/mol. The number of carbonyl (C=O) groups excluding carboxylic acids is 2. The molecule has 7 heteroatoms. The highest BCUT2D eigenvalue weighted by molar-refractivity contribution is 7.99. The number of esters is 1. The lowest BCUT2D eigenvalue weighted by molar-refractivity contribution is -0.113. The molecule has 0 unspecified atom stereocenters. The Bertz CT molecular complexity index is 813. The van der Waals surface area contributed by atoms with Crippen LogP contribution in [0.25, 0.3) is 0 Å². The van der Waals surface area contributed by atoms with Crippen molar-refractivity contribution in [1.29, 1.82) is 0 Å². The number of nitrogens with one attached hydrogen (secondary N) is 1. The Morgan fingerprint density at radius 2 is 2.00 bits per heavy atom. The van der Waals surface area contributed by atoms with Gasteiger partial charge in [-0.25, -0.2) is 9.18 Å². The SMILES string of the molecule is CCOC(=O)c1ccc(NC(=O)CSCc2ccc(Cl)cc2F)c(C)c1. The van der Waals surface area contributed by atoms with E-state index in [4.69, 9.17) is 16.3 Å². The molecule has 0 aromatic heterocycles. The van der Waals surface area contributed by atoms with Crippen molar-refractivity contribution in [3.8, 4) is 0 Å². The van der Waals surface area contributed by atoms with Crippen molar-refractivity contribution in [2.75, 3.05) is 17.7 Å². The second-order valence-corrected chi connectivity index (χ2v) is 6.95. The van der Waals surface area contributed by atoms with Gasteiger partial charge in [0.05, 0.1) is 17.9 Å². The van der Waals surface area contributed by atoms with Gasteiger partial charge in [-0.05, 0) is 55.3 Å². The topological polar surface area (TPSA) is 55.4 Å². The Balaban J connectivity index is 1.88. The van der Waals surface area contributed by atoms with Gasteiger partial charge in [-0.3, -0.25) is 4.79 Å². The molecule has 4 nitrogen and oxygen atoms in total. The number of benzene rings is 2. The van der Waals surface area contributed by atoms with E-state index in [1.807, 2.05) is 0 Å². The van der Waals surface area contributed by atoms with E-state index in [1.54, 1.807) is 44.2 Å². The molecule has 0 aliphatic rings. The summed E-state index contributed by atoms with van der Waals surface area (Å²) in [6, 6.07) is 9.44. The van der Waals surface area contributed by atoms with Crippen LogP contribution in [0, 0.1) is 12.7 Å². The average Bonchev–Trinajstić information content (AvgIpc) is 2.59. The molecule has 0 heterocycles. The Hall–Kier alpha value is -2.05. The third-order valence-electron chi connectivity index (χ3n) is 3.52. The van der Waals surface area contributed by atoms with Crippen LogP contribution in [0.4, 0.5) is 10.1 Å². The van der Waals surface area contributed by atoms with E-state index < -0.39 is 5.97 Å². The molecule has 0 bridgehead atoms. The zero-order valence-electron chi connectivity index (χ0n) is 14.5. The number of hydrogen-bond acceptors (Lipinski definition) is 4. The van der Waals surface area contributed by atoms with Gasteiger partial charge in [-0.15, -0.1) is 11.8 Å². The highest BCUT2D eigenvalue weighted by Gasteiger charge is 2.11. The molecule has 0 aliphatic carbocycles. The minimum Gasteiger partial charge on any atom is -0.462 e. The van der Waals surface area contributed by atoms with Crippen LogP contribution in [-0.2, 0) is 15.3 Å². The molecule has 138 valence electrons. The number of aryl methyl sites for hydroxylation is 1. The summed E-state index contributed by atoms with van der Waals surface area (Å²) in [5.74, 6) is -0.417. The minimum atomic E-state index is -0.394. The van der Waals surface area contributed by atoms with Crippen LogP contribution in [0.3, 0.4) is 0 Å². The van der Waals surface area contributed by atoms with Crippen LogP contribution in [0.2, 0.25) is 5.02 Å². The summed E-state index contributed by atoms with van der Waals surface area (Å²) < 4.78 is 18.6. The van der Waals surface area contributed by atoms with E-state index >= 15 is 0 Å². The zero-order chi connectivity index (χ0) is 19.1. The van der Waals surface area contributed by atoms with Crippen molar-refractivity contribution in [3.63, 3.8) is 0 Å². The predicted octanol–water partition coefficient (Wildman–Crippen LogP) is 4.84. The molecule has 0 aliphatic heterocycles. The summed E-state index contributed by atoms with van der Waals surface area (Å²) in [6.07, 6.45) is 0. The third-order valence-corrected chi connectivity index (χ3v) is 4.73. The number of amides is 1. The molecule has 0 radical (unpaired) electrons. The Labute approximate surface area is 161 Å². The standard InChI is InChI=1S/C19H19ClFNO3S/c1-3-25-19(24)13-5-7-17(12(2)8-13)22-18(23)11-26-10-14-4-6-15(20)9-16(14)21/h4-9H,3,10-11H2,1-2H3,(H,22,23). The number of rotatable bonds is 7. The van der Waals surface area contributed by atoms with Crippen LogP contribution in [-0.4, -0.2) is 24.2 Å². The normalized spacial score (nSPS) is 10.5. The number of ether oxygens (including phenoxy) is 1. The van der Waals surface area contributed by atoms with Crippen molar-refractivity contribution in [2.45, 2.75) is 19.6 Å². The zero-order valence-corrected chi connectivity index (χ0v) is 16.0. The molecule has 0 atom stereocenters. The molecular formula is C19H19ClFNO3S. The number of hydrogen-bond donors (Lipinski definition) is 1. The van der Waals surface area contributed by atoms with E-state index in [1.165, 1.54) is 17.8 Å². The molecule has 26 heavy (non-hydrogen) atoms. The molecular weight excluding hydrogens is 377 g/mol. The first-order valence-electron chi connectivity index (χ1n) is 8.00. The fourth-order valence-electron chi connectivity index (χ4n) is 2.22. The van der Waals surface area contributed by atoms with Gasteiger partial charge < -0.3 is 10.1 Å². The summed E-state index contributed by atoms with van der Waals surface area (Å²) in [6.45, 7) is 3.85. The molecule has 1 amide bonds. The van der Waals surface area contributed by atoms with Crippen LogP contribution in [0.5, 0.6) is 0 Å². The van der Waals surface area contributed by atoms with Crippen molar-refractivity contribution < 1.29 is 18.7 Å². The molecule has 0 saturated carbocycles. The summed E-state index contributed by atoms with van der Waals surface area (Å²) >= 11 is 7.02. The third kappa shape index (κ3) is 5.75. The number of halogens is 2. The van der Waals surface area contributed by atoms with Crippen molar-refractivity contribution in [1.82, 2.24) is 0 Å². The molecule has 2 rings (SSSR count). The number of anilines is 1. The van der Waals surface area contributed by atoms with Gasteiger partial charge in [0.25, 0.3) is 0 Å². The van der Waals surface area contributed by atoms with Crippen LogP contribution in [0.15, 0.2) is 36.4 Å². The largest absolute Gasteiger partial charge is 0.462 e. The minimum absolute atomic E-state index is 0.182. The van der Waals surface area contributed by atoms with Crippen molar-refractivity contribution >= 4 is 40.9 Å². The van der Waals surface area contributed by atoms with Gasteiger partial charge in [0.1, 0.15) is 5.82 Å². The maximum absolute atomic E-state index is 13.7. The highest BCUT2D eigenvalue weighted by atomic mass is 35.5. The van der Waals surface area contributed by atoms with E-state index in [0.29, 0.717) is 34.2 Å². The number of thioether (sulfide) groups is 1. The van der Waals surface area contributed by atoms with E-state index in [-0.39, 0.29) is 17.5 Å². The van der Waals surface area contributed by atoms with Gasteiger partial charge in [0.15, 0.2) is 0 Å². The lowest BCUT2D eigenvalue weighted by atomic mass is 10.1. The maximum Gasteiger partial charge on any atom is 0.338 e. The quantitative estimate of drug-likeness (QED) is 0.682. The van der Waals surface area contributed by atoms with Crippen LogP contribution in [0.1, 0.15) is 28.4 Å². The van der Waals surface area contributed by atoms with Gasteiger partial charge in [0, 0.05) is 16.5 Å². The van der Waals surface area contributed by atoms with Crippen LogP contribution >= 0.6 is 23.4 Å². The number of carbonyl (C=O) groups is 2. The van der Waals surface area contributed by atoms with Gasteiger partial charge in [-0.1, -0.05) is 17.7 Å². The second-order valence-electron chi connectivity index (χ2n) is 5.53. The Morgan fingerprint density at radius 1 is 1.23 bits per heavy atom. The monoisotopic (exact) mass is 395 g/mol. The maximum atomic E-state index is 13.7. The highest BCUT2D eigenvalue weighted by Crippen LogP contribution is 2.21. The second kappa shape index (κ2) is 9.59. The summed E-state index contributed by atoms with van der Waals surface area (Å²) in [5.41, 5.74) is 2.33. The van der Waals surface area contributed by atoms with Crippen molar-refractivity contribution in [3.05, 3.63) is 63.9 Å². The van der Waals surface area contributed by atoms with E-state index in [9.17, 15) is 14.0 Å². The smallest absolute Gasteiger partial charge is 0.338 e. The fourth-order valence-corrected chi connectivity index (χ4v) is 3.20. The van der Waals surface area contributed by atoms with Gasteiger partial charge in [-0.2, -0.15) is 0 Å². The Kier molecular flexibility index (Phi) is 7.48. The van der Waals surface area contributed by atoms with Crippen LogP contribution < -0.4 is 5.32 Å². The first-order chi connectivity index (χ1) is 12.4. The molecule has 2 aromatic rings. The first-order valence-corrected chi connectivity index (χ1v) is 9.53. The fraction of sp³-hybridized carbons (Fsp3) is 0.263. The molecule has 2 aromatic carbocycles. The molecule has 0 saturated heterocycles. The van der Waals surface area contributed by atoms with Gasteiger partial charge in [0.2, 0.25) is 5.91 Å². The summed E-state index contributed by atoms with van der Waals surface area (Å²) in [4.78, 5) is 23.8. The Morgan fingerprint density at radius 3 is 2.65 bits per heavy atom. The first kappa shape index (κ1) is 20.3. The molecule has 0 fully saturated rings. The molecule has 0 spiro atoms. The van der Waals surface area contributed by atoms with E-state index in [2.05, 4.69) is 5.32 Å². The van der Waals surface area contributed by atoms with Crippen molar-refractivity contribution in [2.24, 2.45) is 0 Å². The lowest BCUT2D eigenvalue weighted by Gasteiger charge is -2.10. The summed E-state index contributed by atoms with van der Waals surface area (Å²) in [5, 5.41) is 3.13. The van der Waals surface area contributed by atoms with E-state index in [0.717, 1.165) is 5.56 Å². The lowest BCUT2D eigenvalue weighted by Crippen LogP contribution is -2.15. The predicted molar refractivity (Wildman–Crippen MR) is 103 cm³/mol. The van der Waals surface area contributed by atoms with Gasteiger partial charge >= 0.3 is 5.97 Å². The molecule has 1 N–H and O–H groups in total.